The van der Waals surface area contributed by atoms with Gasteiger partial charge in [-0.2, -0.15) is 0 Å². The maximum absolute atomic E-state index is 13.3. The zero-order valence-corrected chi connectivity index (χ0v) is 17.5. The van der Waals surface area contributed by atoms with E-state index >= 15 is 0 Å². The Kier molecular flexibility index (Phi) is 6.76. The maximum Gasteiger partial charge on any atom is 0.254 e. The lowest BCUT2D eigenvalue weighted by Gasteiger charge is -2.12. The largest absolute Gasteiger partial charge is 0.284 e. The van der Waals surface area contributed by atoms with Gasteiger partial charge in [0.05, 0.1) is 18.7 Å². The van der Waals surface area contributed by atoms with Gasteiger partial charge in [0, 0.05) is 24.9 Å². The number of ketones is 2. The van der Waals surface area contributed by atoms with E-state index in [1.807, 2.05) is 6.92 Å². The van der Waals surface area contributed by atoms with Crippen LogP contribution in [0.15, 0.2) is 18.5 Å². The fourth-order valence-corrected chi connectivity index (χ4v) is 4.15. The highest BCUT2D eigenvalue weighted by atomic mass is 16.1. The van der Waals surface area contributed by atoms with Gasteiger partial charge in [0.2, 0.25) is 23.0 Å². The fraction of sp³-hybridized carbons (Fsp3) is 0.565. The Hall–Kier alpha value is -2.30. The van der Waals surface area contributed by atoms with Crippen molar-refractivity contribution in [3.8, 4) is 0 Å². The van der Waals surface area contributed by atoms with E-state index in [2.05, 4.69) is 28.0 Å². The molecule has 0 saturated heterocycles. The van der Waals surface area contributed by atoms with Gasteiger partial charge in [0.15, 0.2) is 0 Å². The minimum atomic E-state index is -0.0661. The second kappa shape index (κ2) is 9.26. The van der Waals surface area contributed by atoms with Gasteiger partial charge in [0.1, 0.15) is 0 Å². The number of rotatable bonds is 10. The molecular weight excluding hydrogens is 350 g/mol. The normalized spacial score (nSPS) is 13.0. The first kappa shape index (κ1) is 20.4. The van der Waals surface area contributed by atoms with Crippen molar-refractivity contribution >= 4 is 11.6 Å². The van der Waals surface area contributed by atoms with Gasteiger partial charge in [0.25, 0.3) is 5.82 Å². The predicted molar refractivity (Wildman–Crippen MR) is 109 cm³/mol. The molecule has 1 aliphatic carbocycles. The van der Waals surface area contributed by atoms with Crippen molar-refractivity contribution in [3.63, 3.8) is 0 Å². The van der Waals surface area contributed by atoms with Gasteiger partial charge in [-0.05, 0) is 31.7 Å². The number of nitrogens with zero attached hydrogens (tertiary/aromatic N) is 3. The molecule has 0 spiro atoms. The predicted octanol–water partition coefficient (Wildman–Crippen LogP) is 4.42. The minimum Gasteiger partial charge on any atom is -0.284 e. The van der Waals surface area contributed by atoms with Gasteiger partial charge in [-0.3, -0.25) is 14.6 Å². The Balaban J connectivity index is 2.00. The van der Waals surface area contributed by atoms with Crippen LogP contribution in [0, 0.1) is 6.92 Å². The third kappa shape index (κ3) is 3.80. The topological polar surface area (TPSA) is 55.8 Å². The number of hydrogen-bond acceptors (Lipinski definition) is 3. The number of pyridine rings is 1. The van der Waals surface area contributed by atoms with E-state index in [-0.39, 0.29) is 11.6 Å². The number of imidazole rings is 1. The molecule has 0 amide bonds. The Morgan fingerprint density at radius 1 is 0.929 bits per heavy atom. The lowest BCUT2D eigenvalue weighted by Crippen LogP contribution is -2.43. The number of aromatic nitrogens is 3. The van der Waals surface area contributed by atoms with Crippen LogP contribution < -0.4 is 4.57 Å². The second-order valence-corrected chi connectivity index (χ2v) is 7.75. The van der Waals surface area contributed by atoms with Gasteiger partial charge < -0.3 is 0 Å². The van der Waals surface area contributed by atoms with Crippen molar-refractivity contribution in [2.24, 2.45) is 0 Å². The van der Waals surface area contributed by atoms with Crippen molar-refractivity contribution in [1.82, 2.24) is 9.55 Å². The van der Waals surface area contributed by atoms with Crippen LogP contribution in [0.1, 0.15) is 103 Å². The van der Waals surface area contributed by atoms with Gasteiger partial charge in [-0.1, -0.05) is 39.5 Å². The summed E-state index contributed by atoms with van der Waals surface area (Å²) in [6.07, 6.45) is 12.2. The van der Waals surface area contributed by atoms with E-state index in [4.69, 9.17) is 0 Å². The second-order valence-electron chi connectivity index (χ2n) is 7.75. The van der Waals surface area contributed by atoms with Crippen LogP contribution in [-0.2, 0) is 13.1 Å². The first-order valence-corrected chi connectivity index (χ1v) is 10.8. The third-order valence-electron chi connectivity index (χ3n) is 5.76. The van der Waals surface area contributed by atoms with Crippen molar-refractivity contribution < 1.29 is 14.2 Å². The summed E-state index contributed by atoms with van der Waals surface area (Å²) in [5, 5.41) is 0. The molecule has 0 radical (unpaired) electrons. The molecule has 28 heavy (non-hydrogen) atoms. The fourth-order valence-electron chi connectivity index (χ4n) is 4.15. The summed E-state index contributed by atoms with van der Waals surface area (Å²) >= 11 is 0. The summed E-state index contributed by atoms with van der Waals surface area (Å²) in [6.45, 7) is 8.00. The van der Waals surface area contributed by atoms with Crippen LogP contribution in [0.25, 0.3) is 0 Å². The summed E-state index contributed by atoms with van der Waals surface area (Å²) in [4.78, 5) is 30.7. The van der Waals surface area contributed by atoms with Gasteiger partial charge in [-0.25, -0.2) is 9.13 Å². The first-order valence-electron chi connectivity index (χ1n) is 10.8. The molecule has 0 N–H and O–H groups in total. The van der Waals surface area contributed by atoms with Crippen LogP contribution in [0.4, 0.5) is 0 Å². The first-order chi connectivity index (χ1) is 13.6. The Morgan fingerprint density at radius 3 is 2.36 bits per heavy atom. The number of carbonyl (C=O) groups is 2. The van der Waals surface area contributed by atoms with Crippen LogP contribution in [0.3, 0.4) is 0 Å². The monoisotopic (exact) mass is 382 g/mol. The highest BCUT2D eigenvalue weighted by molar-refractivity contribution is 6.26. The van der Waals surface area contributed by atoms with E-state index in [0.717, 1.165) is 44.6 Å². The number of fused-ring (bicyclic) bond motifs is 2. The standard InChI is InChI=1S/C23H32N3O2/c1-4-6-8-10-14-25-17(3)26(15-11-9-7-5-2)21-20(25)22(27)18-12-13-24-16-19(18)23(21)28/h12-13,16H,4-11,14-15H2,1-3H3/q+1. The summed E-state index contributed by atoms with van der Waals surface area (Å²) in [5.74, 6) is 0.905. The zero-order chi connectivity index (χ0) is 20.1. The third-order valence-corrected chi connectivity index (χ3v) is 5.76. The Morgan fingerprint density at radius 2 is 1.64 bits per heavy atom. The van der Waals surface area contributed by atoms with E-state index in [1.165, 1.54) is 31.9 Å². The van der Waals surface area contributed by atoms with Crippen molar-refractivity contribution in [2.75, 3.05) is 0 Å². The van der Waals surface area contributed by atoms with E-state index in [0.29, 0.717) is 22.5 Å². The van der Waals surface area contributed by atoms with Gasteiger partial charge in [-0.15, -0.1) is 0 Å². The molecule has 2 aromatic heterocycles. The average Bonchev–Trinajstić information content (AvgIpc) is 2.99. The molecule has 5 nitrogen and oxygen atoms in total. The molecule has 2 heterocycles. The summed E-state index contributed by atoms with van der Waals surface area (Å²) in [7, 11) is 0. The molecule has 0 bridgehead atoms. The minimum absolute atomic E-state index is 0.0436. The molecule has 2 aromatic rings. The molecule has 0 aliphatic heterocycles. The van der Waals surface area contributed by atoms with Crippen LogP contribution >= 0.6 is 0 Å². The number of hydrogen-bond donors (Lipinski definition) is 0. The molecule has 3 rings (SSSR count). The quantitative estimate of drug-likeness (QED) is 0.385. The molecule has 0 fully saturated rings. The smallest absolute Gasteiger partial charge is 0.254 e. The van der Waals surface area contributed by atoms with Crippen molar-refractivity contribution in [1.29, 1.82) is 0 Å². The molecular formula is C23H32N3O2+. The molecule has 150 valence electrons. The number of unbranched alkanes of at least 4 members (excludes halogenated alkanes) is 6. The highest BCUT2D eigenvalue weighted by Crippen LogP contribution is 2.27. The van der Waals surface area contributed by atoms with Crippen LogP contribution in [0.2, 0.25) is 0 Å². The Bertz CT molecular complexity index is 798. The summed E-state index contributed by atoms with van der Waals surface area (Å²) < 4.78 is 4.18. The average molecular weight is 383 g/mol. The molecule has 0 atom stereocenters. The van der Waals surface area contributed by atoms with E-state index in [1.54, 1.807) is 12.3 Å². The Labute approximate surface area is 167 Å². The SMILES string of the molecule is CCCCCCn1c2c([n+](CCCCCC)c1C)C(=O)c1ccncc1C2=O. The highest BCUT2D eigenvalue weighted by Gasteiger charge is 2.42. The summed E-state index contributed by atoms with van der Waals surface area (Å²) in [6, 6.07) is 1.67. The van der Waals surface area contributed by atoms with E-state index in [9.17, 15) is 9.59 Å². The molecule has 0 aromatic carbocycles. The van der Waals surface area contributed by atoms with Crippen molar-refractivity contribution in [2.45, 2.75) is 85.2 Å². The lowest BCUT2D eigenvalue weighted by molar-refractivity contribution is -0.704. The van der Waals surface area contributed by atoms with Crippen LogP contribution in [0.5, 0.6) is 0 Å². The molecule has 0 saturated carbocycles. The number of carbonyl (C=O) groups excluding carboxylic acids is 2. The summed E-state index contributed by atoms with van der Waals surface area (Å²) in [5.41, 5.74) is 2.06. The molecule has 0 unspecified atom stereocenters. The molecule has 5 heteroatoms. The maximum atomic E-state index is 13.3. The zero-order valence-electron chi connectivity index (χ0n) is 17.5. The van der Waals surface area contributed by atoms with Crippen LogP contribution in [-0.4, -0.2) is 21.1 Å². The van der Waals surface area contributed by atoms with E-state index < -0.39 is 0 Å². The lowest BCUT2D eigenvalue weighted by atomic mass is 9.91. The van der Waals surface area contributed by atoms with Crippen molar-refractivity contribution in [3.05, 3.63) is 46.8 Å². The molecule has 1 aliphatic rings. The van der Waals surface area contributed by atoms with Gasteiger partial charge >= 0.3 is 0 Å².